The van der Waals surface area contributed by atoms with Crippen LogP contribution in [-0.2, 0) is 0 Å². The molecule has 0 aliphatic heterocycles. The summed E-state index contributed by atoms with van der Waals surface area (Å²) in [6.45, 7) is 4.09. The first kappa shape index (κ1) is 12.2. The molecule has 1 aromatic heterocycles. The number of halogens is 1. The Kier molecular flexibility index (Phi) is 7.23. The second-order valence-electron chi connectivity index (χ2n) is 1.72. The van der Waals surface area contributed by atoms with E-state index in [9.17, 15) is 0 Å². The van der Waals surface area contributed by atoms with Crippen molar-refractivity contribution in [2.75, 3.05) is 0 Å². The molecule has 3 heteroatoms. The van der Waals surface area contributed by atoms with E-state index in [1.54, 1.807) is 0 Å². The topological polar surface area (TPSA) is 15.8 Å². The van der Waals surface area contributed by atoms with E-state index in [1.807, 2.05) is 13.0 Å². The number of nitrogens with one attached hydrogen (secondary N) is 1. The van der Waals surface area contributed by atoms with Gasteiger partial charge in [0.15, 0.2) is 0 Å². The standard InChI is InChI=1S/C6H8N.BrH.Mg/c1-5-3-4-7-6(5)2;;/h3,7H,1-2H3;1H;/q-1;;+2/p-1. The Morgan fingerprint density at radius 3 is 2.11 bits per heavy atom. The summed E-state index contributed by atoms with van der Waals surface area (Å²) in [5.41, 5.74) is 2.49. The molecule has 0 spiro atoms. The van der Waals surface area contributed by atoms with Crippen molar-refractivity contribution in [3.63, 3.8) is 0 Å². The van der Waals surface area contributed by atoms with Crippen LogP contribution >= 0.6 is 0 Å². The number of H-pyrrole nitrogens is 1. The minimum absolute atomic E-state index is 0. The molecule has 1 N–H and O–H groups in total. The molecule has 0 saturated heterocycles. The number of aryl methyl sites for hydroxylation is 2. The summed E-state index contributed by atoms with van der Waals surface area (Å²) in [6, 6.07) is 1.94. The molecule has 1 rings (SSSR count). The summed E-state index contributed by atoms with van der Waals surface area (Å²) in [7, 11) is 0. The monoisotopic (exact) mass is 197 g/mol. The molecular weight excluding hydrogens is 190 g/mol. The molecule has 0 amide bonds. The smallest absolute Gasteiger partial charge is 1.00 e. The molecule has 0 fully saturated rings. The van der Waals surface area contributed by atoms with Gasteiger partial charge in [-0.15, -0.1) is 11.9 Å². The summed E-state index contributed by atoms with van der Waals surface area (Å²) >= 11 is 0. The fourth-order valence-electron chi connectivity index (χ4n) is 0.459. The van der Waals surface area contributed by atoms with E-state index >= 15 is 0 Å². The first-order chi connectivity index (χ1) is 3.30. The number of aromatic nitrogens is 1. The first-order valence-electron chi connectivity index (χ1n) is 2.33. The first-order valence-corrected chi connectivity index (χ1v) is 2.33. The molecule has 0 aliphatic carbocycles. The summed E-state index contributed by atoms with van der Waals surface area (Å²) in [5, 5.41) is 0. The van der Waals surface area contributed by atoms with Crippen LogP contribution in [0.4, 0.5) is 0 Å². The van der Waals surface area contributed by atoms with Crippen LogP contribution < -0.4 is 17.0 Å². The minimum Gasteiger partial charge on any atom is -1.00 e. The van der Waals surface area contributed by atoms with Gasteiger partial charge in [0, 0.05) is 0 Å². The van der Waals surface area contributed by atoms with Crippen molar-refractivity contribution >= 4 is 23.1 Å². The van der Waals surface area contributed by atoms with Crippen LogP contribution in [-0.4, -0.2) is 28.0 Å². The van der Waals surface area contributed by atoms with Gasteiger partial charge in [-0.3, -0.25) is 0 Å². The Morgan fingerprint density at radius 1 is 1.44 bits per heavy atom. The van der Waals surface area contributed by atoms with Gasteiger partial charge in [0.05, 0.1) is 0 Å². The van der Waals surface area contributed by atoms with Crippen LogP contribution in [0.5, 0.6) is 0 Å². The Bertz CT molecular complexity index is 145. The maximum Gasteiger partial charge on any atom is 2.00 e. The number of rotatable bonds is 0. The molecule has 0 radical (unpaired) electrons. The Labute approximate surface area is 82.2 Å². The van der Waals surface area contributed by atoms with E-state index in [0.29, 0.717) is 0 Å². The molecule has 9 heavy (non-hydrogen) atoms. The third kappa shape index (κ3) is 3.28. The average Bonchev–Trinajstić information content (AvgIpc) is 1.91. The molecule has 1 heterocycles. The van der Waals surface area contributed by atoms with Crippen molar-refractivity contribution < 1.29 is 17.0 Å². The minimum atomic E-state index is 0. The predicted molar refractivity (Wildman–Crippen MR) is 34.9 cm³/mol. The van der Waals surface area contributed by atoms with Crippen molar-refractivity contribution in [2.24, 2.45) is 0 Å². The number of aromatic amines is 1. The maximum atomic E-state index is 2.94. The third-order valence-corrected chi connectivity index (χ3v) is 1.14. The van der Waals surface area contributed by atoms with Crippen molar-refractivity contribution in [1.29, 1.82) is 0 Å². The molecule has 0 bridgehead atoms. The van der Waals surface area contributed by atoms with Gasteiger partial charge < -0.3 is 22.0 Å². The van der Waals surface area contributed by atoms with Crippen molar-refractivity contribution in [2.45, 2.75) is 13.8 Å². The second kappa shape index (κ2) is 5.32. The molecule has 0 unspecified atom stereocenters. The molecule has 1 nitrogen and oxygen atoms in total. The van der Waals surface area contributed by atoms with Crippen LogP contribution in [0.3, 0.4) is 0 Å². The molecular formula is C6H8BrMgN. The zero-order valence-electron chi connectivity index (χ0n) is 5.66. The van der Waals surface area contributed by atoms with E-state index in [1.165, 1.54) is 11.3 Å². The molecule has 0 saturated carbocycles. The summed E-state index contributed by atoms with van der Waals surface area (Å²) < 4.78 is 0. The normalized spacial score (nSPS) is 7.33. The van der Waals surface area contributed by atoms with Crippen LogP contribution in [0, 0.1) is 20.0 Å². The molecule has 0 atom stereocenters. The Hall–Kier alpha value is 0.526. The maximum absolute atomic E-state index is 2.94. The van der Waals surface area contributed by atoms with E-state index < -0.39 is 0 Å². The van der Waals surface area contributed by atoms with E-state index in [0.717, 1.165) is 0 Å². The number of hydrogen-bond acceptors (Lipinski definition) is 0. The summed E-state index contributed by atoms with van der Waals surface area (Å²) in [4.78, 5) is 2.94. The SMILES string of the molecule is Cc1c[c-][nH]c1C.[Br-].[Mg+2]. The molecule has 46 valence electrons. The predicted octanol–water partition coefficient (Wildman–Crippen LogP) is -1.95. The van der Waals surface area contributed by atoms with Gasteiger partial charge in [0.1, 0.15) is 0 Å². The van der Waals surface area contributed by atoms with Gasteiger partial charge in [-0.25, -0.2) is 0 Å². The second-order valence-corrected chi connectivity index (χ2v) is 1.72. The molecule has 0 aromatic carbocycles. The van der Waals surface area contributed by atoms with E-state index in [2.05, 4.69) is 18.1 Å². The molecule has 0 aliphatic rings. The average molecular weight is 198 g/mol. The van der Waals surface area contributed by atoms with Gasteiger partial charge in [-0.1, -0.05) is 13.8 Å². The van der Waals surface area contributed by atoms with E-state index in [-0.39, 0.29) is 40.0 Å². The molecule has 1 aromatic rings. The van der Waals surface area contributed by atoms with E-state index in [4.69, 9.17) is 0 Å². The van der Waals surface area contributed by atoms with Crippen LogP contribution in [0.1, 0.15) is 11.3 Å². The van der Waals surface area contributed by atoms with Gasteiger partial charge in [-0.2, -0.15) is 11.6 Å². The quantitative estimate of drug-likeness (QED) is 0.369. The van der Waals surface area contributed by atoms with Gasteiger partial charge in [-0.05, 0) is 0 Å². The third-order valence-electron chi connectivity index (χ3n) is 1.14. The van der Waals surface area contributed by atoms with Crippen molar-refractivity contribution in [3.8, 4) is 0 Å². The Morgan fingerprint density at radius 2 is 2.00 bits per heavy atom. The fraction of sp³-hybridized carbons (Fsp3) is 0.333. The van der Waals surface area contributed by atoms with Crippen LogP contribution in [0.25, 0.3) is 0 Å². The van der Waals surface area contributed by atoms with Crippen molar-refractivity contribution in [1.82, 2.24) is 4.98 Å². The van der Waals surface area contributed by atoms with Crippen molar-refractivity contribution in [3.05, 3.63) is 23.5 Å². The van der Waals surface area contributed by atoms with Crippen LogP contribution in [0.2, 0.25) is 0 Å². The fourth-order valence-corrected chi connectivity index (χ4v) is 0.459. The zero-order chi connectivity index (χ0) is 5.28. The van der Waals surface area contributed by atoms with Gasteiger partial charge in [0.2, 0.25) is 0 Å². The zero-order valence-corrected chi connectivity index (χ0v) is 8.66. The summed E-state index contributed by atoms with van der Waals surface area (Å²) in [6.07, 6.45) is 2.87. The number of hydrogen-bond donors (Lipinski definition) is 1. The largest absolute Gasteiger partial charge is 2.00 e. The van der Waals surface area contributed by atoms with Gasteiger partial charge in [0.25, 0.3) is 0 Å². The summed E-state index contributed by atoms with van der Waals surface area (Å²) in [5.74, 6) is 0. The van der Waals surface area contributed by atoms with Crippen LogP contribution in [0.15, 0.2) is 6.07 Å². The van der Waals surface area contributed by atoms with Gasteiger partial charge >= 0.3 is 23.1 Å². The Balaban J connectivity index is 0.